The molecule has 0 atom stereocenters. The van der Waals surface area contributed by atoms with E-state index in [2.05, 4.69) is 43.4 Å². The molecule has 4 rings (SSSR count). The Morgan fingerprint density at radius 1 is 1.00 bits per heavy atom. The van der Waals surface area contributed by atoms with Crippen molar-refractivity contribution in [3.63, 3.8) is 0 Å². The molecule has 0 unspecified atom stereocenters. The average Bonchev–Trinajstić information content (AvgIpc) is 2.91. The quantitative estimate of drug-likeness (QED) is 0.440. The molecule has 0 spiro atoms. The number of carbonyl (C=O) groups is 1. The first-order valence-corrected chi connectivity index (χ1v) is 11.8. The van der Waals surface area contributed by atoms with Crippen LogP contribution in [0.3, 0.4) is 0 Å². The Morgan fingerprint density at radius 3 is 2.55 bits per heavy atom. The van der Waals surface area contributed by atoms with Crippen molar-refractivity contribution in [1.82, 2.24) is 5.32 Å². The molecule has 3 aromatic carbocycles. The fourth-order valence-electron chi connectivity index (χ4n) is 3.58. The molecule has 1 aliphatic rings. The monoisotopic (exact) mass is 448 g/mol. The van der Waals surface area contributed by atoms with Crippen LogP contribution in [0.15, 0.2) is 75.4 Å². The molecule has 1 aliphatic heterocycles. The molecule has 158 valence electrons. The third-order valence-corrected chi connectivity index (χ3v) is 6.63. The van der Waals surface area contributed by atoms with Crippen molar-refractivity contribution in [1.29, 1.82) is 0 Å². The van der Waals surface area contributed by atoms with Gasteiger partial charge in [0.15, 0.2) is 0 Å². The molecule has 3 nitrogen and oxygen atoms in total. The molecule has 0 aliphatic carbocycles. The molecule has 0 bridgehead atoms. The van der Waals surface area contributed by atoms with Gasteiger partial charge in [-0.2, -0.15) is 0 Å². The smallest absolute Gasteiger partial charge is 0.251 e. The van der Waals surface area contributed by atoms with Crippen molar-refractivity contribution in [2.24, 2.45) is 4.99 Å². The summed E-state index contributed by atoms with van der Waals surface area (Å²) >= 11 is 7.93. The van der Waals surface area contributed by atoms with Gasteiger partial charge in [-0.1, -0.05) is 66.5 Å². The molecule has 0 saturated carbocycles. The van der Waals surface area contributed by atoms with E-state index in [4.69, 9.17) is 16.6 Å². The number of nitrogens with zero attached hydrogens (tertiary/aromatic N) is 1. The minimum absolute atomic E-state index is 0.0723. The SMILES string of the molecule is CCCC1=Nc2cc(C(=O)NCCc3ccc(C)cc3)ccc2Sc2ccc(Cl)cc21. The van der Waals surface area contributed by atoms with Crippen LogP contribution in [0.4, 0.5) is 5.69 Å². The van der Waals surface area contributed by atoms with Gasteiger partial charge in [0.1, 0.15) is 0 Å². The van der Waals surface area contributed by atoms with E-state index in [-0.39, 0.29) is 5.91 Å². The predicted octanol–water partition coefficient (Wildman–Crippen LogP) is 7.01. The van der Waals surface area contributed by atoms with E-state index in [0.717, 1.165) is 46.0 Å². The molecule has 0 radical (unpaired) electrons. The molecule has 1 N–H and O–H groups in total. The molecule has 0 aromatic heterocycles. The molecule has 31 heavy (non-hydrogen) atoms. The molecular formula is C26H25ClN2OS. The lowest BCUT2D eigenvalue weighted by Crippen LogP contribution is -2.25. The summed E-state index contributed by atoms with van der Waals surface area (Å²) in [5, 5.41) is 3.74. The lowest BCUT2D eigenvalue weighted by atomic mass is 10.1. The molecule has 0 fully saturated rings. The van der Waals surface area contributed by atoms with Crippen molar-refractivity contribution in [2.75, 3.05) is 6.54 Å². The molecule has 1 heterocycles. The van der Waals surface area contributed by atoms with Crippen LogP contribution < -0.4 is 5.32 Å². The number of hydrogen-bond acceptors (Lipinski definition) is 3. The van der Waals surface area contributed by atoms with E-state index in [1.807, 2.05) is 36.4 Å². The van der Waals surface area contributed by atoms with Crippen LogP contribution in [0.1, 0.15) is 46.8 Å². The fraction of sp³-hybridized carbons (Fsp3) is 0.231. The largest absolute Gasteiger partial charge is 0.352 e. The van der Waals surface area contributed by atoms with Crippen LogP contribution >= 0.6 is 23.4 Å². The third-order valence-electron chi connectivity index (χ3n) is 5.26. The van der Waals surface area contributed by atoms with Crippen LogP contribution in [0.2, 0.25) is 5.02 Å². The van der Waals surface area contributed by atoms with Gasteiger partial charge >= 0.3 is 0 Å². The highest BCUT2D eigenvalue weighted by atomic mass is 35.5. The minimum atomic E-state index is -0.0723. The first kappa shape index (κ1) is 21.7. The average molecular weight is 449 g/mol. The number of amides is 1. The molecular weight excluding hydrogens is 424 g/mol. The van der Waals surface area contributed by atoms with Crippen molar-refractivity contribution in [2.45, 2.75) is 42.9 Å². The Labute approximate surface area is 192 Å². The first-order valence-electron chi connectivity index (χ1n) is 10.6. The van der Waals surface area contributed by atoms with Crippen LogP contribution in [-0.2, 0) is 6.42 Å². The Morgan fingerprint density at radius 2 is 1.77 bits per heavy atom. The molecule has 1 amide bonds. The van der Waals surface area contributed by atoms with Gasteiger partial charge in [0.2, 0.25) is 0 Å². The Bertz CT molecular complexity index is 1140. The van der Waals surface area contributed by atoms with E-state index in [1.165, 1.54) is 11.1 Å². The van der Waals surface area contributed by atoms with Gasteiger partial charge in [0, 0.05) is 38.2 Å². The van der Waals surface area contributed by atoms with Gasteiger partial charge in [0.25, 0.3) is 5.91 Å². The highest BCUT2D eigenvalue weighted by molar-refractivity contribution is 7.99. The Hall–Kier alpha value is -2.56. The number of hydrogen-bond donors (Lipinski definition) is 1. The van der Waals surface area contributed by atoms with Crippen LogP contribution in [0.25, 0.3) is 0 Å². The summed E-state index contributed by atoms with van der Waals surface area (Å²) < 4.78 is 0. The number of fused-ring (bicyclic) bond motifs is 2. The standard InChI is InChI=1S/C26H25ClN2OS/c1-3-4-22-21-16-20(27)10-12-24(21)31-25-11-9-19(15-23(25)29-22)26(30)28-14-13-18-7-5-17(2)6-8-18/h5-12,15-16H,3-4,13-14H2,1-2H3,(H,28,30). The van der Waals surface area contributed by atoms with Crippen LogP contribution in [0.5, 0.6) is 0 Å². The van der Waals surface area contributed by atoms with Crippen LogP contribution in [-0.4, -0.2) is 18.2 Å². The summed E-state index contributed by atoms with van der Waals surface area (Å²) in [6, 6.07) is 20.1. The number of nitrogens with one attached hydrogen (secondary N) is 1. The van der Waals surface area contributed by atoms with E-state index in [9.17, 15) is 4.79 Å². The highest BCUT2D eigenvalue weighted by Gasteiger charge is 2.19. The van der Waals surface area contributed by atoms with E-state index in [0.29, 0.717) is 17.1 Å². The lowest BCUT2D eigenvalue weighted by Gasteiger charge is -2.09. The maximum Gasteiger partial charge on any atom is 0.251 e. The topological polar surface area (TPSA) is 41.5 Å². The van der Waals surface area contributed by atoms with Crippen molar-refractivity contribution >= 4 is 40.7 Å². The number of halogens is 1. The predicted molar refractivity (Wildman–Crippen MR) is 130 cm³/mol. The number of aliphatic imine (C=N–C) groups is 1. The zero-order chi connectivity index (χ0) is 21.8. The first-order chi connectivity index (χ1) is 15.0. The fourth-order valence-corrected chi connectivity index (χ4v) is 4.75. The number of aryl methyl sites for hydroxylation is 1. The van der Waals surface area contributed by atoms with Gasteiger partial charge in [-0.15, -0.1) is 0 Å². The second-order valence-corrected chi connectivity index (χ2v) is 9.25. The van der Waals surface area contributed by atoms with E-state index < -0.39 is 0 Å². The summed E-state index contributed by atoms with van der Waals surface area (Å²) in [7, 11) is 0. The van der Waals surface area contributed by atoms with Gasteiger partial charge < -0.3 is 5.32 Å². The minimum Gasteiger partial charge on any atom is -0.352 e. The summed E-state index contributed by atoms with van der Waals surface area (Å²) in [6.45, 7) is 4.81. The maximum absolute atomic E-state index is 12.7. The van der Waals surface area contributed by atoms with Crippen molar-refractivity contribution in [3.05, 3.63) is 87.9 Å². The van der Waals surface area contributed by atoms with Gasteiger partial charge in [-0.05, 0) is 61.7 Å². The van der Waals surface area contributed by atoms with Gasteiger partial charge in [0.05, 0.1) is 5.69 Å². The van der Waals surface area contributed by atoms with Gasteiger partial charge in [-0.25, -0.2) is 0 Å². The van der Waals surface area contributed by atoms with Crippen molar-refractivity contribution < 1.29 is 4.79 Å². The third kappa shape index (κ3) is 5.20. The Kier molecular flexibility index (Phi) is 6.79. The van der Waals surface area contributed by atoms with Gasteiger partial charge in [-0.3, -0.25) is 9.79 Å². The number of benzene rings is 3. The van der Waals surface area contributed by atoms with E-state index in [1.54, 1.807) is 11.8 Å². The molecule has 3 aromatic rings. The van der Waals surface area contributed by atoms with E-state index >= 15 is 0 Å². The second-order valence-electron chi connectivity index (χ2n) is 7.73. The summed E-state index contributed by atoms with van der Waals surface area (Å²) in [6.07, 6.45) is 2.66. The normalized spacial score (nSPS) is 12.4. The maximum atomic E-state index is 12.7. The molecule has 5 heteroatoms. The second kappa shape index (κ2) is 9.71. The summed E-state index contributed by atoms with van der Waals surface area (Å²) in [5.74, 6) is -0.0723. The van der Waals surface area contributed by atoms with Crippen LogP contribution in [0, 0.1) is 6.92 Å². The lowest BCUT2D eigenvalue weighted by molar-refractivity contribution is 0.0954. The summed E-state index contributed by atoms with van der Waals surface area (Å²) in [4.78, 5) is 19.9. The van der Waals surface area contributed by atoms with Crippen molar-refractivity contribution in [3.8, 4) is 0 Å². The Balaban J connectivity index is 1.53. The number of rotatable bonds is 6. The summed E-state index contributed by atoms with van der Waals surface area (Å²) in [5.41, 5.74) is 6.03. The number of carbonyl (C=O) groups excluding carboxylic acids is 1. The zero-order valence-electron chi connectivity index (χ0n) is 17.7. The zero-order valence-corrected chi connectivity index (χ0v) is 19.3. The molecule has 0 saturated heterocycles. The highest BCUT2D eigenvalue weighted by Crippen LogP contribution is 2.42.